The molecule has 0 aliphatic rings. The highest BCUT2D eigenvalue weighted by molar-refractivity contribution is 7.91. The van der Waals surface area contributed by atoms with Gasteiger partial charge in [-0.25, -0.2) is 8.42 Å². The summed E-state index contributed by atoms with van der Waals surface area (Å²) in [6, 6.07) is 8.78. The van der Waals surface area contributed by atoms with Crippen LogP contribution in [0.15, 0.2) is 35.7 Å². The fraction of sp³-hybridized carbons (Fsp3) is 0.250. The van der Waals surface area contributed by atoms with E-state index in [9.17, 15) is 18.0 Å². The molecule has 1 aromatic heterocycles. The molecule has 0 saturated heterocycles. The molecule has 2 rings (SSSR count). The monoisotopic (exact) mass is 367 g/mol. The number of carbonyl (C=O) groups is 2. The van der Waals surface area contributed by atoms with Crippen molar-refractivity contribution in [2.45, 2.75) is 5.75 Å². The van der Waals surface area contributed by atoms with Gasteiger partial charge in [0, 0.05) is 17.0 Å². The van der Waals surface area contributed by atoms with E-state index in [0.717, 1.165) is 17.4 Å². The molecule has 0 atom stereocenters. The summed E-state index contributed by atoms with van der Waals surface area (Å²) in [6.07, 6.45) is 0.756. The van der Waals surface area contributed by atoms with Crippen LogP contribution >= 0.6 is 11.3 Å². The molecule has 2 N–H and O–H groups in total. The molecule has 2 aromatic rings. The van der Waals surface area contributed by atoms with Gasteiger partial charge in [-0.3, -0.25) is 9.59 Å². The van der Waals surface area contributed by atoms with Gasteiger partial charge in [-0.05, 0) is 28.6 Å². The zero-order chi connectivity index (χ0) is 17.6. The first-order valence-corrected chi connectivity index (χ1v) is 9.84. The Kier molecular flexibility index (Phi) is 6.24. The van der Waals surface area contributed by atoms with Crippen molar-refractivity contribution in [2.75, 3.05) is 18.9 Å². The third-order valence-corrected chi connectivity index (χ3v) is 5.73. The summed E-state index contributed by atoms with van der Waals surface area (Å²) in [5, 5.41) is 12.8. The number of rotatable bonds is 8. The molecule has 8 heteroatoms. The maximum atomic E-state index is 12.1. The van der Waals surface area contributed by atoms with Gasteiger partial charge >= 0.3 is 0 Å². The summed E-state index contributed by atoms with van der Waals surface area (Å²) in [7, 11) is -3.59. The highest BCUT2D eigenvalue weighted by Crippen LogP contribution is 2.27. The van der Waals surface area contributed by atoms with E-state index < -0.39 is 21.5 Å². The second kappa shape index (κ2) is 8.18. The van der Waals surface area contributed by atoms with Crippen LogP contribution in [-0.4, -0.2) is 44.6 Å². The molecule has 1 aromatic carbocycles. The lowest BCUT2D eigenvalue weighted by Crippen LogP contribution is -2.32. The Morgan fingerprint density at radius 1 is 1.25 bits per heavy atom. The Balaban J connectivity index is 2.07. The van der Waals surface area contributed by atoms with Crippen LogP contribution in [0.3, 0.4) is 0 Å². The average molecular weight is 367 g/mol. The summed E-state index contributed by atoms with van der Waals surface area (Å²) >= 11 is 1.29. The number of hydrogen-bond donors (Lipinski definition) is 2. The average Bonchev–Trinajstić information content (AvgIpc) is 3.00. The van der Waals surface area contributed by atoms with Crippen LogP contribution in [-0.2, 0) is 20.4 Å². The number of thiophene rings is 1. The van der Waals surface area contributed by atoms with Crippen LogP contribution in [0.4, 0.5) is 0 Å². The quantitative estimate of drug-likeness (QED) is 0.684. The Bertz CT molecular complexity index is 826. The summed E-state index contributed by atoms with van der Waals surface area (Å²) < 4.78 is 24.1. The Morgan fingerprint density at radius 3 is 2.75 bits per heavy atom. The Hall–Kier alpha value is -2.03. The SMILES string of the molecule is O=Cc1cccc(-c2csc(CS(=O)(=O)CC(=O)NCCO)c2)c1. The van der Waals surface area contributed by atoms with E-state index in [1.54, 1.807) is 24.3 Å². The highest BCUT2D eigenvalue weighted by Gasteiger charge is 2.18. The number of hydrogen-bond acceptors (Lipinski definition) is 6. The molecular weight excluding hydrogens is 350 g/mol. The number of nitrogens with one attached hydrogen (secondary N) is 1. The van der Waals surface area contributed by atoms with Crippen molar-refractivity contribution in [2.24, 2.45) is 0 Å². The van der Waals surface area contributed by atoms with Gasteiger partial charge < -0.3 is 10.4 Å². The topological polar surface area (TPSA) is 101 Å². The summed E-state index contributed by atoms with van der Waals surface area (Å²) in [5.41, 5.74) is 2.22. The van der Waals surface area contributed by atoms with Crippen molar-refractivity contribution in [3.05, 3.63) is 46.2 Å². The molecule has 128 valence electrons. The van der Waals surface area contributed by atoms with E-state index in [2.05, 4.69) is 5.32 Å². The number of amides is 1. The van der Waals surface area contributed by atoms with Crippen LogP contribution in [0, 0.1) is 0 Å². The maximum absolute atomic E-state index is 12.1. The predicted molar refractivity (Wildman–Crippen MR) is 92.7 cm³/mol. The standard InChI is InChI=1S/C16H17NO5S2/c18-5-4-17-16(20)11-24(21,22)10-15-7-14(9-23-15)13-3-1-2-12(6-13)8-19/h1-3,6-9,18H,4-5,10-11H2,(H,17,20). The zero-order valence-corrected chi connectivity index (χ0v) is 14.4. The number of sulfone groups is 1. The van der Waals surface area contributed by atoms with Crippen molar-refractivity contribution in [3.8, 4) is 11.1 Å². The normalized spacial score (nSPS) is 11.2. The van der Waals surface area contributed by atoms with Gasteiger partial charge in [0.25, 0.3) is 0 Å². The fourth-order valence-electron chi connectivity index (χ4n) is 2.11. The third-order valence-electron chi connectivity index (χ3n) is 3.16. The Labute approximate surface area is 144 Å². The zero-order valence-electron chi connectivity index (χ0n) is 12.8. The fourth-order valence-corrected chi connectivity index (χ4v) is 4.72. The molecule has 0 aliphatic carbocycles. The van der Waals surface area contributed by atoms with Gasteiger partial charge in [0.15, 0.2) is 9.84 Å². The third kappa shape index (κ3) is 5.26. The number of benzene rings is 1. The van der Waals surface area contributed by atoms with Gasteiger partial charge in [0.1, 0.15) is 12.0 Å². The van der Waals surface area contributed by atoms with Gasteiger partial charge in [-0.2, -0.15) is 0 Å². The molecule has 1 amide bonds. The molecule has 0 spiro atoms. The first-order valence-electron chi connectivity index (χ1n) is 7.14. The molecule has 0 fully saturated rings. The van der Waals surface area contributed by atoms with Crippen LogP contribution in [0.1, 0.15) is 15.2 Å². The number of aldehydes is 1. The largest absolute Gasteiger partial charge is 0.395 e. The van der Waals surface area contributed by atoms with E-state index in [1.165, 1.54) is 11.3 Å². The van der Waals surface area contributed by atoms with Crippen LogP contribution in [0.5, 0.6) is 0 Å². The Morgan fingerprint density at radius 2 is 2.04 bits per heavy atom. The van der Waals surface area contributed by atoms with Crippen molar-refractivity contribution < 1.29 is 23.1 Å². The summed E-state index contributed by atoms with van der Waals surface area (Å²) in [6.45, 7) is -0.204. The van der Waals surface area contributed by atoms with Crippen molar-refractivity contribution >= 4 is 33.4 Å². The van der Waals surface area contributed by atoms with E-state index >= 15 is 0 Å². The molecule has 0 saturated carbocycles. The van der Waals surface area contributed by atoms with Crippen LogP contribution in [0.25, 0.3) is 11.1 Å². The van der Waals surface area contributed by atoms with Gasteiger partial charge in [-0.1, -0.05) is 18.2 Å². The molecular formula is C16H17NO5S2. The smallest absolute Gasteiger partial charge is 0.235 e. The minimum absolute atomic E-state index is 0.0323. The van der Waals surface area contributed by atoms with Crippen LogP contribution < -0.4 is 5.32 Å². The lowest BCUT2D eigenvalue weighted by molar-refractivity contribution is -0.118. The van der Waals surface area contributed by atoms with E-state index in [4.69, 9.17) is 5.11 Å². The van der Waals surface area contributed by atoms with Crippen molar-refractivity contribution in [3.63, 3.8) is 0 Å². The lowest BCUT2D eigenvalue weighted by atomic mass is 10.1. The molecule has 0 unspecified atom stereocenters. The van der Waals surface area contributed by atoms with Crippen LogP contribution in [0.2, 0.25) is 0 Å². The van der Waals surface area contributed by atoms with E-state index in [0.29, 0.717) is 10.4 Å². The molecule has 0 radical (unpaired) electrons. The predicted octanol–water partition coefficient (Wildman–Crippen LogP) is 1.25. The van der Waals surface area contributed by atoms with Gasteiger partial charge in [-0.15, -0.1) is 11.3 Å². The molecule has 0 aliphatic heterocycles. The van der Waals surface area contributed by atoms with E-state index in [-0.39, 0.29) is 18.9 Å². The highest BCUT2D eigenvalue weighted by atomic mass is 32.2. The minimum Gasteiger partial charge on any atom is -0.395 e. The first-order chi connectivity index (χ1) is 11.4. The van der Waals surface area contributed by atoms with Crippen molar-refractivity contribution in [1.82, 2.24) is 5.32 Å². The molecule has 0 bridgehead atoms. The molecule has 6 nitrogen and oxygen atoms in total. The second-order valence-corrected chi connectivity index (χ2v) is 8.21. The lowest BCUT2D eigenvalue weighted by Gasteiger charge is -2.04. The summed E-state index contributed by atoms with van der Waals surface area (Å²) in [4.78, 5) is 22.9. The number of carbonyl (C=O) groups excluding carboxylic acids is 2. The number of aliphatic hydroxyl groups excluding tert-OH is 1. The second-order valence-electron chi connectivity index (χ2n) is 5.15. The minimum atomic E-state index is -3.59. The van der Waals surface area contributed by atoms with E-state index in [1.807, 2.05) is 11.4 Å². The summed E-state index contributed by atoms with van der Waals surface area (Å²) in [5.74, 6) is -1.46. The molecule has 1 heterocycles. The van der Waals surface area contributed by atoms with Gasteiger partial charge in [0.2, 0.25) is 5.91 Å². The maximum Gasteiger partial charge on any atom is 0.235 e. The number of aliphatic hydroxyl groups is 1. The molecule has 24 heavy (non-hydrogen) atoms. The van der Waals surface area contributed by atoms with Gasteiger partial charge in [0.05, 0.1) is 12.4 Å². The van der Waals surface area contributed by atoms with Crippen molar-refractivity contribution in [1.29, 1.82) is 0 Å². The first kappa shape index (κ1) is 18.3.